The summed E-state index contributed by atoms with van der Waals surface area (Å²) in [6.45, 7) is 13.6. The first kappa shape index (κ1) is 21.9. The molecule has 0 spiro atoms. The second-order valence-corrected chi connectivity index (χ2v) is 6.29. The number of aliphatic imine (C=N–C) groups is 1. The van der Waals surface area contributed by atoms with Gasteiger partial charge < -0.3 is 15.4 Å². The molecule has 6 heteroatoms. The van der Waals surface area contributed by atoms with E-state index in [0.29, 0.717) is 12.6 Å². The first-order valence-electron chi connectivity index (χ1n) is 8.34. The van der Waals surface area contributed by atoms with Crippen molar-refractivity contribution in [2.45, 2.75) is 52.6 Å². The number of ether oxygens (including phenoxy) is 1. The minimum atomic E-state index is 0. The maximum absolute atomic E-state index is 5.16. The van der Waals surface area contributed by atoms with Gasteiger partial charge in [-0.3, -0.25) is 9.89 Å². The molecule has 2 N–H and O–H groups in total. The third kappa shape index (κ3) is 8.53. The van der Waals surface area contributed by atoms with Crippen molar-refractivity contribution < 1.29 is 4.74 Å². The highest BCUT2D eigenvalue weighted by Crippen LogP contribution is 2.17. The lowest BCUT2D eigenvalue weighted by atomic mass is 9.98. The van der Waals surface area contributed by atoms with Crippen molar-refractivity contribution in [3.05, 3.63) is 0 Å². The van der Waals surface area contributed by atoms with Crippen LogP contribution in [-0.2, 0) is 4.74 Å². The van der Waals surface area contributed by atoms with Gasteiger partial charge in [0.05, 0.1) is 13.2 Å². The van der Waals surface area contributed by atoms with Crippen molar-refractivity contribution in [1.82, 2.24) is 15.5 Å². The maximum Gasteiger partial charge on any atom is 0.191 e. The standard InChI is InChI=1S/C16H34N4O.HI/c1-6-17-16(19-14(3)12-21-5)18-11-15(4)20-9-7-13(2)8-10-20;/h13-15H,6-12H2,1-5H3,(H2,17,18,19);1H. The van der Waals surface area contributed by atoms with Crippen LogP contribution in [-0.4, -0.2) is 62.8 Å². The Kier molecular flexibility index (Phi) is 12.3. The van der Waals surface area contributed by atoms with E-state index in [4.69, 9.17) is 9.73 Å². The van der Waals surface area contributed by atoms with Gasteiger partial charge in [0.25, 0.3) is 0 Å². The van der Waals surface area contributed by atoms with Crippen LogP contribution in [0.3, 0.4) is 0 Å². The Hall–Kier alpha value is -0.0800. The van der Waals surface area contributed by atoms with Crippen molar-refractivity contribution in [3.8, 4) is 0 Å². The Morgan fingerprint density at radius 1 is 1.32 bits per heavy atom. The molecule has 1 fully saturated rings. The molecule has 0 radical (unpaired) electrons. The first-order valence-corrected chi connectivity index (χ1v) is 8.34. The molecule has 1 rings (SSSR count). The summed E-state index contributed by atoms with van der Waals surface area (Å²) in [7, 11) is 1.72. The minimum absolute atomic E-state index is 0. The molecule has 132 valence electrons. The van der Waals surface area contributed by atoms with Crippen LogP contribution in [0.2, 0.25) is 0 Å². The number of piperidine rings is 1. The highest BCUT2D eigenvalue weighted by atomic mass is 127. The van der Waals surface area contributed by atoms with E-state index in [2.05, 4.69) is 43.2 Å². The molecule has 1 aliphatic heterocycles. The van der Waals surface area contributed by atoms with Gasteiger partial charge in [0, 0.05) is 25.7 Å². The summed E-state index contributed by atoms with van der Waals surface area (Å²) in [5.41, 5.74) is 0. The van der Waals surface area contributed by atoms with Gasteiger partial charge in [-0.15, -0.1) is 24.0 Å². The zero-order valence-corrected chi connectivity index (χ0v) is 17.2. The zero-order chi connectivity index (χ0) is 15.7. The lowest BCUT2D eigenvalue weighted by molar-refractivity contribution is 0.150. The average Bonchev–Trinajstić information content (AvgIpc) is 2.45. The number of halogens is 1. The molecule has 1 saturated heterocycles. The van der Waals surface area contributed by atoms with E-state index < -0.39 is 0 Å². The number of guanidine groups is 1. The number of methoxy groups -OCH3 is 1. The summed E-state index contributed by atoms with van der Waals surface area (Å²) in [5, 5.41) is 6.68. The van der Waals surface area contributed by atoms with Crippen molar-refractivity contribution in [1.29, 1.82) is 0 Å². The average molecular weight is 426 g/mol. The molecule has 0 aromatic heterocycles. The van der Waals surface area contributed by atoms with Crippen LogP contribution >= 0.6 is 24.0 Å². The van der Waals surface area contributed by atoms with Gasteiger partial charge in [0.1, 0.15) is 0 Å². The van der Waals surface area contributed by atoms with Crippen molar-refractivity contribution in [3.63, 3.8) is 0 Å². The minimum Gasteiger partial charge on any atom is -0.383 e. The van der Waals surface area contributed by atoms with E-state index in [1.54, 1.807) is 7.11 Å². The third-order valence-corrected chi connectivity index (χ3v) is 4.10. The predicted octanol–water partition coefficient (Wildman–Crippen LogP) is 2.31. The number of nitrogens with one attached hydrogen (secondary N) is 2. The molecule has 1 aliphatic rings. The van der Waals surface area contributed by atoms with E-state index in [-0.39, 0.29) is 30.0 Å². The normalized spacial score (nSPS) is 20.1. The fourth-order valence-electron chi connectivity index (χ4n) is 2.65. The summed E-state index contributed by atoms with van der Waals surface area (Å²) in [6, 6.07) is 0.768. The van der Waals surface area contributed by atoms with Crippen LogP contribution < -0.4 is 10.6 Å². The molecule has 5 nitrogen and oxygen atoms in total. The van der Waals surface area contributed by atoms with Gasteiger partial charge in [0.15, 0.2) is 5.96 Å². The largest absolute Gasteiger partial charge is 0.383 e. The molecule has 22 heavy (non-hydrogen) atoms. The van der Waals surface area contributed by atoms with Crippen LogP contribution in [0.4, 0.5) is 0 Å². The number of likely N-dealkylation sites (tertiary alicyclic amines) is 1. The fourth-order valence-corrected chi connectivity index (χ4v) is 2.65. The molecule has 0 amide bonds. The number of hydrogen-bond acceptors (Lipinski definition) is 3. The Bertz CT molecular complexity index is 307. The molecule has 2 atom stereocenters. The van der Waals surface area contributed by atoms with Crippen LogP contribution in [0, 0.1) is 5.92 Å². The highest BCUT2D eigenvalue weighted by Gasteiger charge is 2.20. The summed E-state index contributed by atoms with van der Waals surface area (Å²) < 4.78 is 5.16. The lowest BCUT2D eigenvalue weighted by Crippen LogP contribution is -2.45. The van der Waals surface area contributed by atoms with Crippen LogP contribution in [0.1, 0.15) is 40.5 Å². The van der Waals surface area contributed by atoms with Crippen molar-refractivity contribution >= 4 is 29.9 Å². The summed E-state index contributed by atoms with van der Waals surface area (Å²) in [6.07, 6.45) is 2.63. The Morgan fingerprint density at radius 2 is 1.95 bits per heavy atom. The molecule has 0 saturated carbocycles. The zero-order valence-electron chi connectivity index (χ0n) is 14.9. The highest BCUT2D eigenvalue weighted by molar-refractivity contribution is 14.0. The molecule has 1 heterocycles. The molecule has 0 aromatic carbocycles. The lowest BCUT2D eigenvalue weighted by Gasteiger charge is -2.34. The smallest absolute Gasteiger partial charge is 0.191 e. The van der Waals surface area contributed by atoms with E-state index in [1.165, 1.54) is 25.9 Å². The molecule has 0 aromatic rings. The SMILES string of the molecule is CCNC(=NCC(C)N1CCC(C)CC1)NC(C)COC.I. The molecule has 0 bridgehead atoms. The monoisotopic (exact) mass is 426 g/mol. The fraction of sp³-hybridized carbons (Fsp3) is 0.938. The first-order chi connectivity index (χ1) is 10.1. The molecule has 0 aliphatic carbocycles. The van der Waals surface area contributed by atoms with Crippen molar-refractivity contribution in [2.75, 3.05) is 39.9 Å². The topological polar surface area (TPSA) is 48.9 Å². The number of nitrogens with zero attached hydrogens (tertiary/aromatic N) is 2. The van der Waals surface area contributed by atoms with Crippen LogP contribution in [0.15, 0.2) is 4.99 Å². The Labute approximate surface area is 153 Å². The van der Waals surface area contributed by atoms with Crippen molar-refractivity contribution in [2.24, 2.45) is 10.9 Å². The molecule has 2 unspecified atom stereocenters. The van der Waals surface area contributed by atoms with E-state index in [9.17, 15) is 0 Å². The quantitative estimate of drug-likeness (QED) is 0.373. The number of hydrogen-bond donors (Lipinski definition) is 2. The summed E-state index contributed by atoms with van der Waals surface area (Å²) in [4.78, 5) is 7.29. The van der Waals surface area contributed by atoms with Gasteiger partial charge in [-0.1, -0.05) is 6.92 Å². The molecular weight excluding hydrogens is 391 g/mol. The Balaban J connectivity index is 0.00000441. The van der Waals surface area contributed by atoms with Gasteiger partial charge in [-0.05, 0) is 52.6 Å². The van der Waals surface area contributed by atoms with Crippen LogP contribution in [0.5, 0.6) is 0 Å². The third-order valence-electron chi connectivity index (χ3n) is 4.10. The number of rotatable bonds is 7. The van der Waals surface area contributed by atoms with Gasteiger partial charge in [-0.2, -0.15) is 0 Å². The summed E-state index contributed by atoms with van der Waals surface area (Å²) in [5.74, 6) is 1.77. The maximum atomic E-state index is 5.16. The van der Waals surface area contributed by atoms with Crippen LogP contribution in [0.25, 0.3) is 0 Å². The van der Waals surface area contributed by atoms with E-state index in [1.807, 2.05) is 0 Å². The molecular formula is C16H35IN4O. The second kappa shape index (κ2) is 12.4. The van der Waals surface area contributed by atoms with E-state index in [0.717, 1.165) is 25.0 Å². The summed E-state index contributed by atoms with van der Waals surface area (Å²) >= 11 is 0. The van der Waals surface area contributed by atoms with Gasteiger partial charge in [-0.25, -0.2) is 0 Å². The van der Waals surface area contributed by atoms with Gasteiger partial charge in [0.2, 0.25) is 0 Å². The second-order valence-electron chi connectivity index (χ2n) is 6.29. The predicted molar refractivity (Wildman–Crippen MR) is 105 cm³/mol. The van der Waals surface area contributed by atoms with E-state index >= 15 is 0 Å². The van der Waals surface area contributed by atoms with Gasteiger partial charge >= 0.3 is 0 Å². The Morgan fingerprint density at radius 3 is 2.50 bits per heavy atom.